The van der Waals surface area contributed by atoms with E-state index in [9.17, 15) is 0 Å². The maximum Gasteiger partial charge on any atom is 0.164 e. The summed E-state index contributed by atoms with van der Waals surface area (Å²) in [6.07, 6.45) is 3.07. The summed E-state index contributed by atoms with van der Waals surface area (Å²) < 4.78 is 14.5. The number of aryl methyl sites for hydroxylation is 1. The van der Waals surface area contributed by atoms with Crippen LogP contribution >= 0.6 is 0 Å². The van der Waals surface area contributed by atoms with E-state index in [4.69, 9.17) is 14.5 Å². The summed E-state index contributed by atoms with van der Waals surface area (Å²) in [4.78, 5) is 5.30. The molecule has 2 heterocycles. The summed E-state index contributed by atoms with van der Waals surface area (Å²) in [7, 11) is 3.91. The van der Waals surface area contributed by atoms with Crippen molar-refractivity contribution in [1.82, 2.24) is 9.55 Å². The van der Waals surface area contributed by atoms with Crippen LogP contribution in [0.4, 0.5) is 0 Å². The molecule has 39 heavy (non-hydrogen) atoms. The Morgan fingerprint density at radius 3 is 2.38 bits per heavy atom. The molecule has 1 aliphatic rings. The fourth-order valence-corrected chi connectivity index (χ4v) is 6.99. The third kappa shape index (κ3) is 5.36. The monoisotopic (exact) mass is 530 g/mol. The smallest absolute Gasteiger partial charge is 0.164 e. The quantitative estimate of drug-likeness (QED) is 0.305. The number of benzene rings is 2. The predicted molar refractivity (Wildman–Crippen MR) is 165 cm³/mol. The van der Waals surface area contributed by atoms with Gasteiger partial charge in [-0.15, -0.1) is 0 Å². The van der Waals surface area contributed by atoms with E-state index in [-0.39, 0.29) is 10.8 Å². The normalized spacial score (nSPS) is 17.6. The van der Waals surface area contributed by atoms with Gasteiger partial charge >= 0.3 is 0 Å². The highest BCUT2D eigenvalue weighted by Crippen LogP contribution is 2.51. The Kier molecular flexibility index (Phi) is 8.00. The van der Waals surface area contributed by atoms with E-state index in [2.05, 4.69) is 105 Å². The van der Waals surface area contributed by atoms with Crippen LogP contribution in [0.2, 0.25) is 0 Å². The van der Waals surface area contributed by atoms with Crippen molar-refractivity contribution in [2.45, 2.75) is 99.8 Å². The zero-order valence-electron chi connectivity index (χ0n) is 26.5. The van der Waals surface area contributed by atoms with E-state index in [1.165, 1.54) is 38.9 Å². The Morgan fingerprint density at radius 2 is 1.79 bits per heavy atom. The van der Waals surface area contributed by atoms with Gasteiger partial charge in [-0.25, -0.2) is 4.98 Å². The largest absolute Gasteiger partial charge is 0.493 e. The molecule has 0 N–H and O–H groups in total. The van der Waals surface area contributed by atoms with Crippen LogP contribution in [0.25, 0.3) is 16.6 Å². The number of ether oxygens (including phenoxy) is 2. The van der Waals surface area contributed by atoms with Crippen LogP contribution in [0.1, 0.15) is 116 Å². The lowest BCUT2D eigenvalue weighted by Crippen LogP contribution is -2.32. The van der Waals surface area contributed by atoms with Crippen LogP contribution in [0.15, 0.2) is 29.8 Å². The van der Waals surface area contributed by atoms with Crippen molar-refractivity contribution in [1.29, 1.82) is 0 Å². The molecule has 212 valence electrons. The number of allylic oxidation sites excluding steroid dienone is 2. The molecule has 2 unspecified atom stereocenters. The molecule has 4 heteroatoms. The van der Waals surface area contributed by atoms with Gasteiger partial charge < -0.3 is 14.0 Å². The molecule has 0 radical (unpaired) electrons. The highest BCUT2D eigenvalue weighted by Gasteiger charge is 2.38. The van der Waals surface area contributed by atoms with Gasteiger partial charge in [0.15, 0.2) is 11.5 Å². The van der Waals surface area contributed by atoms with Gasteiger partial charge in [-0.3, -0.25) is 0 Å². The summed E-state index contributed by atoms with van der Waals surface area (Å²) in [5.41, 5.74) is 10.3. The maximum atomic E-state index is 6.27. The molecule has 0 saturated heterocycles. The molecule has 2 atom stereocenters. The SMILES string of the molecule is CCCC(C)(C)c1c(Cc2cc(OC)c3c(c2)C(C(C)(C)C)C(C)CO3)ccc2c1nc(C(C)=C(C)C)n2C. The van der Waals surface area contributed by atoms with E-state index >= 15 is 0 Å². The van der Waals surface area contributed by atoms with Gasteiger partial charge in [0.05, 0.1) is 24.8 Å². The van der Waals surface area contributed by atoms with Crippen molar-refractivity contribution in [3.05, 3.63) is 57.9 Å². The molecule has 0 fully saturated rings. The molecule has 2 aromatic carbocycles. The summed E-state index contributed by atoms with van der Waals surface area (Å²) in [6.45, 7) is 23.6. The number of rotatable bonds is 7. The first-order valence-corrected chi connectivity index (χ1v) is 14.7. The van der Waals surface area contributed by atoms with E-state index in [0.717, 1.165) is 48.7 Å². The molecule has 4 rings (SSSR count). The van der Waals surface area contributed by atoms with Crippen LogP contribution in [0.5, 0.6) is 11.5 Å². The lowest BCUT2D eigenvalue weighted by molar-refractivity contribution is 0.138. The van der Waals surface area contributed by atoms with Crippen LogP contribution in [-0.2, 0) is 18.9 Å². The summed E-state index contributed by atoms with van der Waals surface area (Å²) in [6, 6.07) is 9.18. The first-order valence-electron chi connectivity index (χ1n) is 14.7. The minimum Gasteiger partial charge on any atom is -0.493 e. The summed E-state index contributed by atoms with van der Waals surface area (Å²) in [5.74, 6) is 3.67. The van der Waals surface area contributed by atoms with Crippen molar-refractivity contribution >= 4 is 16.6 Å². The third-order valence-electron chi connectivity index (χ3n) is 8.86. The van der Waals surface area contributed by atoms with Gasteiger partial charge in [0.2, 0.25) is 0 Å². The first-order chi connectivity index (χ1) is 18.2. The lowest BCUT2D eigenvalue weighted by Gasteiger charge is -2.40. The average Bonchev–Trinajstić information content (AvgIpc) is 3.17. The molecule has 3 aromatic rings. The molecule has 4 nitrogen and oxygen atoms in total. The van der Waals surface area contributed by atoms with Gasteiger partial charge in [0.1, 0.15) is 5.82 Å². The molecule has 0 spiro atoms. The molecule has 1 aliphatic heterocycles. The summed E-state index contributed by atoms with van der Waals surface area (Å²) in [5, 5.41) is 0. The number of aromatic nitrogens is 2. The van der Waals surface area contributed by atoms with Crippen molar-refractivity contribution in [2.24, 2.45) is 18.4 Å². The van der Waals surface area contributed by atoms with Gasteiger partial charge in [-0.2, -0.15) is 0 Å². The Morgan fingerprint density at radius 1 is 1.10 bits per heavy atom. The van der Waals surface area contributed by atoms with E-state index in [1.807, 2.05) is 0 Å². The summed E-state index contributed by atoms with van der Waals surface area (Å²) >= 11 is 0. The zero-order chi connectivity index (χ0) is 28.9. The van der Waals surface area contributed by atoms with Gasteiger partial charge in [-0.05, 0) is 90.7 Å². The van der Waals surface area contributed by atoms with Crippen LogP contribution in [-0.4, -0.2) is 23.3 Å². The number of fused-ring (bicyclic) bond motifs is 2. The molecule has 0 saturated carbocycles. The first kappa shape index (κ1) is 29.2. The molecule has 0 amide bonds. The molecule has 0 aliphatic carbocycles. The minimum absolute atomic E-state index is 0.00202. The highest BCUT2D eigenvalue weighted by molar-refractivity contribution is 5.85. The zero-order valence-corrected chi connectivity index (χ0v) is 26.5. The minimum atomic E-state index is -0.00202. The Hall–Kier alpha value is -2.75. The molecule has 1 aromatic heterocycles. The third-order valence-corrected chi connectivity index (χ3v) is 8.86. The second-order valence-electron chi connectivity index (χ2n) is 13.7. The van der Waals surface area contributed by atoms with Crippen LogP contribution < -0.4 is 9.47 Å². The van der Waals surface area contributed by atoms with Crippen LogP contribution in [0, 0.1) is 11.3 Å². The molecule has 0 bridgehead atoms. The van der Waals surface area contributed by atoms with Crippen LogP contribution in [0.3, 0.4) is 0 Å². The van der Waals surface area contributed by atoms with Gasteiger partial charge in [0, 0.05) is 12.6 Å². The van der Waals surface area contributed by atoms with E-state index in [1.54, 1.807) is 7.11 Å². The number of imidazole rings is 1. The standard InChI is InChI=1S/C35H50N2O2/c1-13-16-35(9,10)30-25(14-15-27-31(30)36-33(37(27)11)23(5)21(2)3)17-24-18-26-29(34(6,7)8)22(4)20-39-32(26)28(19-24)38-12/h14-15,18-19,22,29H,13,16-17,20H2,1-12H3. The van der Waals surface area contributed by atoms with Crippen molar-refractivity contribution < 1.29 is 9.47 Å². The second kappa shape index (κ2) is 10.7. The fraction of sp³-hybridized carbons (Fsp3) is 0.571. The number of hydrogen-bond donors (Lipinski definition) is 0. The molecular weight excluding hydrogens is 480 g/mol. The topological polar surface area (TPSA) is 36.3 Å². The highest BCUT2D eigenvalue weighted by atomic mass is 16.5. The van der Waals surface area contributed by atoms with Crippen molar-refractivity contribution in [3.63, 3.8) is 0 Å². The lowest BCUT2D eigenvalue weighted by atomic mass is 9.68. The maximum absolute atomic E-state index is 6.27. The number of hydrogen-bond acceptors (Lipinski definition) is 3. The Bertz CT molecular complexity index is 1400. The average molecular weight is 531 g/mol. The van der Waals surface area contributed by atoms with Gasteiger partial charge in [0.25, 0.3) is 0 Å². The number of methoxy groups -OCH3 is 1. The molecular formula is C35H50N2O2. The van der Waals surface area contributed by atoms with Crippen molar-refractivity contribution in [2.75, 3.05) is 13.7 Å². The van der Waals surface area contributed by atoms with E-state index < -0.39 is 0 Å². The second-order valence-corrected chi connectivity index (χ2v) is 13.7. The van der Waals surface area contributed by atoms with Gasteiger partial charge in [-0.1, -0.05) is 72.6 Å². The van der Waals surface area contributed by atoms with E-state index in [0.29, 0.717) is 11.8 Å². The Balaban J connectivity index is 1.93. The predicted octanol–water partition coefficient (Wildman–Crippen LogP) is 9.22. The van der Waals surface area contributed by atoms with Crippen molar-refractivity contribution in [3.8, 4) is 11.5 Å². The Labute approximate surface area is 236 Å². The number of nitrogens with zero attached hydrogens (tertiary/aromatic N) is 2. The fourth-order valence-electron chi connectivity index (χ4n) is 6.99.